The van der Waals surface area contributed by atoms with E-state index in [1.807, 2.05) is 12.2 Å². The van der Waals surface area contributed by atoms with Crippen LogP contribution in [0.5, 0.6) is 0 Å². The third kappa shape index (κ3) is 50.3. The van der Waals surface area contributed by atoms with Gasteiger partial charge in [0.1, 0.15) is 13.2 Å². The fraction of sp³-hybridized carbons (Fsp3) is 0.550. The number of unbranched alkanes of at least 4 members (excludes halogenated alkanes) is 9. The van der Waals surface area contributed by atoms with Gasteiger partial charge in [-0.15, -0.1) is 0 Å². The first-order chi connectivity index (χ1) is 32.5. The third-order valence-electron chi connectivity index (χ3n) is 10.1. The topological polar surface area (TPSA) is 78.9 Å². The highest BCUT2D eigenvalue weighted by Gasteiger charge is 2.19. The van der Waals surface area contributed by atoms with Crippen LogP contribution in [0.2, 0.25) is 0 Å². The zero-order valence-electron chi connectivity index (χ0n) is 41.9. The Morgan fingerprint density at radius 1 is 0.318 bits per heavy atom. The van der Waals surface area contributed by atoms with E-state index in [4.69, 9.17) is 14.2 Å². The molecule has 0 aliphatic heterocycles. The third-order valence-corrected chi connectivity index (χ3v) is 10.1. The molecule has 66 heavy (non-hydrogen) atoms. The molecule has 0 N–H and O–H groups in total. The van der Waals surface area contributed by atoms with Gasteiger partial charge in [0.05, 0.1) is 0 Å². The summed E-state index contributed by atoms with van der Waals surface area (Å²) >= 11 is 0. The van der Waals surface area contributed by atoms with Gasteiger partial charge in [0, 0.05) is 19.3 Å². The van der Waals surface area contributed by atoms with Crippen molar-refractivity contribution < 1.29 is 28.6 Å². The van der Waals surface area contributed by atoms with Crippen molar-refractivity contribution in [3.05, 3.63) is 146 Å². The van der Waals surface area contributed by atoms with E-state index in [1.165, 1.54) is 19.3 Å². The lowest BCUT2D eigenvalue weighted by Crippen LogP contribution is -2.30. The first-order valence-corrected chi connectivity index (χ1v) is 25.8. The van der Waals surface area contributed by atoms with Crippen LogP contribution in [0.15, 0.2) is 146 Å². The normalized spacial score (nSPS) is 13.3. The van der Waals surface area contributed by atoms with Gasteiger partial charge in [-0.2, -0.15) is 0 Å². The second-order valence-electron chi connectivity index (χ2n) is 16.3. The zero-order valence-corrected chi connectivity index (χ0v) is 41.9. The van der Waals surface area contributed by atoms with Crippen molar-refractivity contribution in [1.29, 1.82) is 0 Å². The molecule has 368 valence electrons. The van der Waals surface area contributed by atoms with Gasteiger partial charge in [-0.25, -0.2) is 0 Å². The molecular weight excluding hydrogens is 817 g/mol. The predicted molar refractivity (Wildman–Crippen MR) is 283 cm³/mol. The van der Waals surface area contributed by atoms with Gasteiger partial charge in [0.2, 0.25) is 0 Å². The molecule has 0 aliphatic carbocycles. The average molecular weight is 909 g/mol. The molecule has 0 saturated heterocycles. The van der Waals surface area contributed by atoms with Gasteiger partial charge in [0.25, 0.3) is 0 Å². The maximum atomic E-state index is 12.7. The molecule has 0 spiro atoms. The Balaban J connectivity index is 4.29. The van der Waals surface area contributed by atoms with Crippen LogP contribution in [0, 0.1) is 0 Å². The summed E-state index contributed by atoms with van der Waals surface area (Å²) in [7, 11) is 0. The molecule has 0 aromatic carbocycles. The van der Waals surface area contributed by atoms with Crippen molar-refractivity contribution in [1.82, 2.24) is 0 Å². The van der Waals surface area contributed by atoms with Crippen LogP contribution >= 0.6 is 0 Å². The van der Waals surface area contributed by atoms with E-state index in [9.17, 15) is 14.4 Å². The van der Waals surface area contributed by atoms with Gasteiger partial charge in [-0.3, -0.25) is 14.4 Å². The molecule has 0 aromatic heterocycles. The molecule has 1 unspecified atom stereocenters. The maximum Gasteiger partial charge on any atom is 0.306 e. The molecule has 0 bridgehead atoms. The first kappa shape index (κ1) is 61.3. The average Bonchev–Trinajstić information content (AvgIpc) is 3.31. The summed E-state index contributed by atoms with van der Waals surface area (Å²) in [6.07, 6.45) is 76.0. The second-order valence-corrected chi connectivity index (χ2v) is 16.3. The Bertz CT molecular complexity index is 1510. The van der Waals surface area contributed by atoms with Crippen molar-refractivity contribution >= 4 is 17.9 Å². The van der Waals surface area contributed by atoms with E-state index in [0.717, 1.165) is 128 Å². The number of rotatable bonds is 44. The van der Waals surface area contributed by atoms with Gasteiger partial charge in [0.15, 0.2) is 6.10 Å². The lowest BCUT2D eigenvalue weighted by atomic mass is 10.1. The summed E-state index contributed by atoms with van der Waals surface area (Å²) in [5, 5.41) is 0. The largest absolute Gasteiger partial charge is 0.462 e. The molecule has 0 amide bonds. The Kier molecular flexibility index (Phi) is 49.1. The molecule has 0 aliphatic rings. The minimum Gasteiger partial charge on any atom is -0.462 e. The highest BCUT2D eigenvalue weighted by molar-refractivity contribution is 5.71. The Morgan fingerprint density at radius 3 is 0.985 bits per heavy atom. The molecule has 0 saturated carbocycles. The molecule has 0 heterocycles. The van der Waals surface area contributed by atoms with Crippen LogP contribution in [0.3, 0.4) is 0 Å². The highest BCUT2D eigenvalue weighted by Crippen LogP contribution is 2.11. The fourth-order valence-corrected chi connectivity index (χ4v) is 6.29. The lowest BCUT2D eigenvalue weighted by molar-refractivity contribution is -0.166. The Hall–Kier alpha value is -4.71. The van der Waals surface area contributed by atoms with E-state index in [1.54, 1.807) is 0 Å². The van der Waals surface area contributed by atoms with Gasteiger partial charge < -0.3 is 14.2 Å². The molecule has 0 rings (SSSR count). The molecule has 0 radical (unpaired) electrons. The van der Waals surface area contributed by atoms with E-state index in [2.05, 4.69) is 154 Å². The van der Waals surface area contributed by atoms with Crippen molar-refractivity contribution in [3.63, 3.8) is 0 Å². The number of allylic oxidation sites excluding steroid dienone is 24. The van der Waals surface area contributed by atoms with E-state index in [-0.39, 0.29) is 31.6 Å². The fourth-order valence-electron chi connectivity index (χ4n) is 6.29. The van der Waals surface area contributed by atoms with Gasteiger partial charge >= 0.3 is 17.9 Å². The van der Waals surface area contributed by atoms with E-state index >= 15 is 0 Å². The minimum atomic E-state index is -0.828. The van der Waals surface area contributed by atoms with E-state index in [0.29, 0.717) is 19.3 Å². The number of carbonyl (C=O) groups is 3. The molecular formula is C60H92O6. The van der Waals surface area contributed by atoms with Crippen LogP contribution in [0.4, 0.5) is 0 Å². The monoisotopic (exact) mass is 909 g/mol. The smallest absolute Gasteiger partial charge is 0.306 e. The summed E-state index contributed by atoms with van der Waals surface area (Å²) in [4.78, 5) is 37.6. The van der Waals surface area contributed by atoms with Crippen LogP contribution in [-0.4, -0.2) is 37.2 Å². The summed E-state index contributed by atoms with van der Waals surface area (Å²) in [6, 6.07) is 0. The van der Waals surface area contributed by atoms with Crippen LogP contribution in [0.1, 0.15) is 194 Å². The standard InChI is InChI=1S/C60H92O6/c1-4-7-10-13-16-18-20-22-23-24-25-26-27-28-29-30-31-32-33-34-35-36-37-39-40-42-44-47-50-53-59(62)65-56-57(55-64-58(61)52-49-46-15-12-9-6-3)66-60(63)54-51-48-45-43-41-38-21-19-17-14-11-8-5-2/h7-8,10-11,16-19,22-23,25-26,28-29,31-32,34-35,37-39,41,45,48,57H,4-6,9,12-15,20-21,24,27,30,33,36,40,42-44,46-47,49-56H2,1-3H3/b10-7-,11-8-,18-16-,19-17-,23-22-,26-25-,29-28-,32-31-,35-34-,39-37-,41-38-,48-45-. The molecule has 6 heteroatoms. The molecule has 6 nitrogen and oxygen atoms in total. The predicted octanol–water partition coefficient (Wildman–Crippen LogP) is 17.3. The van der Waals surface area contributed by atoms with Crippen molar-refractivity contribution in [2.75, 3.05) is 13.2 Å². The zero-order chi connectivity index (χ0) is 47.9. The summed E-state index contributed by atoms with van der Waals surface area (Å²) in [6.45, 7) is 6.22. The summed E-state index contributed by atoms with van der Waals surface area (Å²) in [5.41, 5.74) is 0. The Morgan fingerprint density at radius 2 is 0.621 bits per heavy atom. The number of esters is 3. The van der Waals surface area contributed by atoms with E-state index < -0.39 is 12.1 Å². The van der Waals surface area contributed by atoms with Crippen LogP contribution in [0.25, 0.3) is 0 Å². The summed E-state index contributed by atoms with van der Waals surface area (Å²) in [5.74, 6) is -1.05. The minimum absolute atomic E-state index is 0.121. The SMILES string of the molecule is CC/C=C\C/C=C\C/C=C\C/C=C\C/C=C\C/C=C\C/C=C\C/C=C\CCCCCCC(=O)OCC(COC(=O)CCCCCCCC)OC(=O)CC/C=C\C/C=C\C/C=C\C/C=C\CC. The van der Waals surface area contributed by atoms with Gasteiger partial charge in [-0.05, 0) is 109 Å². The Labute approximate surface area is 404 Å². The second kappa shape index (κ2) is 52.9. The van der Waals surface area contributed by atoms with Gasteiger partial charge in [-0.1, -0.05) is 212 Å². The molecule has 0 aromatic rings. The van der Waals surface area contributed by atoms with Crippen molar-refractivity contribution in [2.45, 2.75) is 200 Å². The first-order valence-electron chi connectivity index (χ1n) is 25.8. The summed E-state index contributed by atoms with van der Waals surface area (Å²) < 4.78 is 16.6. The maximum absolute atomic E-state index is 12.7. The molecule has 0 fully saturated rings. The van der Waals surface area contributed by atoms with Crippen LogP contribution < -0.4 is 0 Å². The quantitative estimate of drug-likeness (QED) is 0.0262. The van der Waals surface area contributed by atoms with Crippen molar-refractivity contribution in [3.8, 4) is 0 Å². The highest BCUT2D eigenvalue weighted by atomic mass is 16.6. The number of hydrogen-bond acceptors (Lipinski definition) is 6. The van der Waals surface area contributed by atoms with Crippen LogP contribution in [-0.2, 0) is 28.6 Å². The number of ether oxygens (including phenoxy) is 3. The van der Waals surface area contributed by atoms with Crippen molar-refractivity contribution in [2.24, 2.45) is 0 Å². The lowest BCUT2D eigenvalue weighted by Gasteiger charge is -2.18. The number of hydrogen-bond donors (Lipinski definition) is 0. The molecule has 1 atom stereocenters. The number of carbonyl (C=O) groups excluding carboxylic acids is 3.